The fraction of sp³-hybridized carbons (Fsp3) is 0.600. The first-order valence-corrected chi connectivity index (χ1v) is 5.10. The van der Waals surface area contributed by atoms with Gasteiger partial charge in [-0.15, -0.1) is 24.8 Å². The summed E-state index contributed by atoms with van der Waals surface area (Å²) >= 11 is 0. The van der Waals surface area contributed by atoms with Crippen molar-refractivity contribution < 1.29 is 0 Å². The van der Waals surface area contributed by atoms with Crippen molar-refractivity contribution in [3.63, 3.8) is 0 Å². The molecule has 1 aromatic rings. The maximum absolute atomic E-state index is 5.64. The third kappa shape index (κ3) is 3.77. The summed E-state index contributed by atoms with van der Waals surface area (Å²) in [6.07, 6.45) is 7.68. The topological polar surface area (TPSA) is 55.0 Å². The number of aromatic nitrogens is 2. The van der Waals surface area contributed by atoms with Crippen LogP contribution >= 0.6 is 24.8 Å². The average molecular weight is 265 g/mol. The molecule has 16 heavy (non-hydrogen) atoms. The smallest absolute Gasteiger partial charge is 0.115 e. The second-order valence-corrected chi connectivity index (χ2v) is 3.76. The van der Waals surface area contributed by atoms with Gasteiger partial charge in [0.1, 0.15) is 6.33 Å². The van der Waals surface area contributed by atoms with Gasteiger partial charge < -0.3 is 10.6 Å². The molecule has 2 N–H and O–H groups in total. The highest BCUT2D eigenvalue weighted by molar-refractivity contribution is 5.85. The van der Waals surface area contributed by atoms with Crippen LogP contribution in [0.15, 0.2) is 18.7 Å². The van der Waals surface area contributed by atoms with Crippen molar-refractivity contribution in [3.8, 4) is 0 Å². The molecule has 0 bridgehead atoms. The van der Waals surface area contributed by atoms with Gasteiger partial charge in [-0.1, -0.05) is 0 Å². The van der Waals surface area contributed by atoms with E-state index in [0.717, 1.165) is 25.3 Å². The van der Waals surface area contributed by atoms with E-state index in [-0.39, 0.29) is 24.8 Å². The maximum atomic E-state index is 5.64. The summed E-state index contributed by atoms with van der Waals surface area (Å²) in [5.41, 5.74) is 6.77. The van der Waals surface area contributed by atoms with Crippen molar-refractivity contribution in [2.24, 2.45) is 11.7 Å². The van der Waals surface area contributed by atoms with Crippen LogP contribution in [-0.2, 0) is 0 Å². The minimum atomic E-state index is 0. The number of piperidine rings is 1. The van der Waals surface area contributed by atoms with Crippen LogP contribution < -0.4 is 10.6 Å². The predicted molar refractivity (Wildman–Crippen MR) is 70.5 cm³/mol. The Hall–Kier alpha value is -0.580. The predicted octanol–water partition coefficient (Wildman–Crippen LogP) is 1.50. The number of nitrogens with zero attached hydrogens (tertiary/aromatic N) is 3. The lowest BCUT2D eigenvalue weighted by atomic mass is 9.97. The fourth-order valence-corrected chi connectivity index (χ4v) is 1.88. The van der Waals surface area contributed by atoms with E-state index in [9.17, 15) is 0 Å². The molecule has 0 aliphatic carbocycles. The third-order valence-electron chi connectivity index (χ3n) is 2.86. The quantitative estimate of drug-likeness (QED) is 0.880. The average Bonchev–Trinajstić information content (AvgIpc) is 2.30. The summed E-state index contributed by atoms with van der Waals surface area (Å²) in [4.78, 5) is 10.4. The summed E-state index contributed by atoms with van der Waals surface area (Å²) in [5.74, 6) is 0.705. The van der Waals surface area contributed by atoms with E-state index in [0.29, 0.717) is 5.92 Å². The van der Waals surface area contributed by atoms with E-state index in [4.69, 9.17) is 5.73 Å². The van der Waals surface area contributed by atoms with Gasteiger partial charge in [0.25, 0.3) is 0 Å². The highest BCUT2D eigenvalue weighted by Crippen LogP contribution is 2.20. The summed E-state index contributed by atoms with van der Waals surface area (Å²) in [6.45, 7) is 2.98. The fourth-order valence-electron chi connectivity index (χ4n) is 1.88. The Morgan fingerprint density at radius 3 is 2.25 bits per heavy atom. The van der Waals surface area contributed by atoms with Gasteiger partial charge in [0.2, 0.25) is 0 Å². The van der Waals surface area contributed by atoms with Gasteiger partial charge in [0, 0.05) is 13.1 Å². The van der Waals surface area contributed by atoms with Crippen molar-refractivity contribution >= 4 is 30.5 Å². The molecule has 2 heterocycles. The molecule has 4 nitrogen and oxygen atoms in total. The number of halogens is 2. The van der Waals surface area contributed by atoms with Crippen LogP contribution in [0, 0.1) is 5.92 Å². The first kappa shape index (κ1) is 15.4. The lowest BCUT2D eigenvalue weighted by molar-refractivity contribution is 0.414. The van der Waals surface area contributed by atoms with Gasteiger partial charge in [0.05, 0.1) is 18.1 Å². The zero-order valence-corrected chi connectivity index (χ0v) is 10.7. The van der Waals surface area contributed by atoms with Crippen LogP contribution in [0.25, 0.3) is 0 Å². The zero-order chi connectivity index (χ0) is 9.80. The number of hydrogen-bond donors (Lipinski definition) is 1. The summed E-state index contributed by atoms with van der Waals surface area (Å²) in [6, 6.07) is 0. The number of hydrogen-bond acceptors (Lipinski definition) is 4. The van der Waals surface area contributed by atoms with Crippen LogP contribution in [0.2, 0.25) is 0 Å². The molecule has 1 aliphatic rings. The van der Waals surface area contributed by atoms with Crippen LogP contribution in [0.1, 0.15) is 12.8 Å². The Labute approximate surface area is 108 Å². The zero-order valence-electron chi connectivity index (χ0n) is 9.08. The minimum Gasteiger partial charge on any atom is -0.369 e. The van der Waals surface area contributed by atoms with E-state index < -0.39 is 0 Å². The van der Waals surface area contributed by atoms with Crippen molar-refractivity contribution in [2.45, 2.75) is 12.8 Å². The molecular formula is C10H18Cl2N4. The highest BCUT2D eigenvalue weighted by atomic mass is 35.5. The lowest BCUT2D eigenvalue weighted by Gasteiger charge is -2.32. The SMILES string of the molecule is Cl.Cl.NCC1CCN(c2cncnc2)CC1. The molecule has 0 unspecified atom stereocenters. The van der Waals surface area contributed by atoms with Gasteiger partial charge in [-0.3, -0.25) is 0 Å². The summed E-state index contributed by atoms with van der Waals surface area (Å²) in [5, 5.41) is 0. The number of rotatable bonds is 2. The lowest BCUT2D eigenvalue weighted by Crippen LogP contribution is -2.36. The van der Waals surface area contributed by atoms with Crippen molar-refractivity contribution in [1.82, 2.24) is 9.97 Å². The summed E-state index contributed by atoms with van der Waals surface area (Å²) < 4.78 is 0. The number of nitrogens with two attached hydrogens (primary N) is 1. The van der Waals surface area contributed by atoms with Gasteiger partial charge in [-0.2, -0.15) is 0 Å². The maximum Gasteiger partial charge on any atom is 0.115 e. The molecule has 0 saturated carbocycles. The Morgan fingerprint density at radius 2 is 1.75 bits per heavy atom. The number of anilines is 1. The Balaban J connectivity index is 0.00000112. The van der Waals surface area contributed by atoms with Gasteiger partial charge in [-0.25, -0.2) is 9.97 Å². The van der Waals surface area contributed by atoms with E-state index in [1.807, 2.05) is 12.4 Å². The molecule has 0 aromatic carbocycles. The molecule has 0 spiro atoms. The minimum absolute atomic E-state index is 0. The molecule has 0 atom stereocenters. The molecule has 6 heteroatoms. The molecule has 2 rings (SSSR count). The Kier molecular flexibility index (Phi) is 7.38. The Morgan fingerprint density at radius 1 is 1.19 bits per heavy atom. The molecule has 92 valence electrons. The second-order valence-electron chi connectivity index (χ2n) is 3.76. The normalized spacial score (nSPS) is 16.2. The van der Waals surface area contributed by atoms with Crippen molar-refractivity contribution in [3.05, 3.63) is 18.7 Å². The van der Waals surface area contributed by atoms with E-state index in [1.54, 1.807) is 6.33 Å². The largest absolute Gasteiger partial charge is 0.369 e. The second kappa shape index (κ2) is 7.65. The molecule has 1 fully saturated rings. The van der Waals surface area contributed by atoms with E-state index >= 15 is 0 Å². The van der Waals surface area contributed by atoms with Crippen molar-refractivity contribution in [1.29, 1.82) is 0 Å². The Bertz CT molecular complexity index is 275. The molecule has 0 radical (unpaired) electrons. The van der Waals surface area contributed by atoms with Crippen LogP contribution in [0.4, 0.5) is 5.69 Å². The molecule has 1 aromatic heterocycles. The first-order valence-electron chi connectivity index (χ1n) is 5.10. The van der Waals surface area contributed by atoms with Crippen LogP contribution in [0.5, 0.6) is 0 Å². The molecular weight excluding hydrogens is 247 g/mol. The highest BCUT2D eigenvalue weighted by Gasteiger charge is 2.18. The standard InChI is InChI=1S/C10H16N4.2ClH/c11-5-9-1-3-14(4-2-9)10-6-12-8-13-7-10;;/h6-9H,1-5,11H2;2*1H. The molecule has 1 saturated heterocycles. The third-order valence-corrected chi connectivity index (χ3v) is 2.86. The van der Waals surface area contributed by atoms with Gasteiger partial charge >= 0.3 is 0 Å². The first-order chi connectivity index (χ1) is 6.90. The van der Waals surface area contributed by atoms with Crippen LogP contribution in [-0.4, -0.2) is 29.6 Å². The van der Waals surface area contributed by atoms with E-state index in [1.165, 1.54) is 12.8 Å². The van der Waals surface area contributed by atoms with Gasteiger partial charge in [0.15, 0.2) is 0 Å². The molecule has 0 amide bonds. The van der Waals surface area contributed by atoms with Crippen LogP contribution in [0.3, 0.4) is 0 Å². The molecule has 1 aliphatic heterocycles. The monoisotopic (exact) mass is 264 g/mol. The van der Waals surface area contributed by atoms with E-state index in [2.05, 4.69) is 14.9 Å². The van der Waals surface area contributed by atoms with Crippen molar-refractivity contribution in [2.75, 3.05) is 24.5 Å². The summed E-state index contributed by atoms with van der Waals surface area (Å²) in [7, 11) is 0. The van der Waals surface area contributed by atoms with Gasteiger partial charge in [-0.05, 0) is 25.3 Å².